The first-order valence-corrected chi connectivity index (χ1v) is 9.27. The summed E-state index contributed by atoms with van der Waals surface area (Å²) in [6.45, 7) is 7.04. The number of rotatable bonds is 6. The van der Waals surface area contributed by atoms with Gasteiger partial charge in [0.1, 0.15) is 0 Å². The fraction of sp³-hybridized carbons (Fsp3) is 0.474. The molecule has 0 aromatic heterocycles. The maximum Gasteiger partial charge on any atom is 0.289 e. The second kappa shape index (κ2) is 8.31. The van der Waals surface area contributed by atoms with E-state index in [1.807, 2.05) is 26.8 Å². The van der Waals surface area contributed by atoms with Crippen LogP contribution >= 0.6 is 23.2 Å². The Morgan fingerprint density at radius 3 is 2.58 bits per heavy atom. The lowest BCUT2D eigenvalue weighted by Crippen LogP contribution is -2.36. The van der Waals surface area contributed by atoms with E-state index in [2.05, 4.69) is 5.32 Å². The number of benzene rings is 1. The molecule has 1 aromatic carbocycles. The summed E-state index contributed by atoms with van der Waals surface area (Å²) in [5.41, 5.74) is 1.05. The zero-order valence-corrected chi connectivity index (χ0v) is 16.7. The molecule has 1 aromatic rings. The van der Waals surface area contributed by atoms with Crippen LogP contribution in [-0.2, 0) is 16.0 Å². The standard InChI is InChI=1S/C19H24Cl2N2O3/c1-19(2,3)11-23-10-13(16(24)18(23)26)17(25)22-8-4-5-12-6-7-14(20)15(21)9-12/h6-7,9,24H,4-5,8,10-11H2,1-3H3,(H,22,25). The highest BCUT2D eigenvalue weighted by Gasteiger charge is 2.35. The first kappa shape index (κ1) is 20.6. The number of amides is 2. The summed E-state index contributed by atoms with van der Waals surface area (Å²) in [6.07, 6.45) is 1.44. The minimum Gasteiger partial charge on any atom is -0.503 e. The fourth-order valence-corrected chi connectivity index (χ4v) is 3.11. The van der Waals surface area contributed by atoms with E-state index in [0.717, 1.165) is 12.0 Å². The lowest BCUT2D eigenvalue weighted by Gasteiger charge is -2.26. The lowest BCUT2D eigenvalue weighted by atomic mass is 9.96. The SMILES string of the molecule is CC(C)(C)CN1CC(C(=O)NCCCc2ccc(Cl)c(Cl)c2)=C(O)C1=O. The Kier molecular flexibility index (Phi) is 6.58. The normalized spacial score (nSPS) is 15.0. The van der Waals surface area contributed by atoms with Gasteiger partial charge in [-0.3, -0.25) is 9.59 Å². The summed E-state index contributed by atoms with van der Waals surface area (Å²) >= 11 is 11.9. The topological polar surface area (TPSA) is 69.6 Å². The van der Waals surface area contributed by atoms with Crippen molar-refractivity contribution < 1.29 is 14.7 Å². The molecule has 2 N–H and O–H groups in total. The molecule has 0 unspecified atom stereocenters. The molecule has 1 heterocycles. The Morgan fingerprint density at radius 2 is 1.96 bits per heavy atom. The van der Waals surface area contributed by atoms with E-state index < -0.39 is 17.6 Å². The second-order valence-corrected chi connectivity index (χ2v) is 8.47. The van der Waals surface area contributed by atoms with Gasteiger partial charge in [0.25, 0.3) is 11.8 Å². The molecule has 0 aliphatic carbocycles. The summed E-state index contributed by atoms with van der Waals surface area (Å²) in [6, 6.07) is 5.44. The maximum absolute atomic E-state index is 12.3. The number of halogens is 2. The lowest BCUT2D eigenvalue weighted by molar-refractivity contribution is -0.128. The maximum atomic E-state index is 12.3. The molecule has 0 saturated heterocycles. The van der Waals surface area contributed by atoms with Crippen LogP contribution in [0.3, 0.4) is 0 Å². The molecule has 26 heavy (non-hydrogen) atoms. The number of hydrogen-bond acceptors (Lipinski definition) is 3. The molecular formula is C19H24Cl2N2O3. The molecule has 0 radical (unpaired) electrons. The quantitative estimate of drug-likeness (QED) is 0.716. The van der Waals surface area contributed by atoms with Crippen LogP contribution in [0.2, 0.25) is 10.0 Å². The van der Waals surface area contributed by atoms with Crippen LogP contribution in [0.4, 0.5) is 0 Å². The number of aliphatic hydroxyl groups excluding tert-OH is 1. The molecule has 0 saturated carbocycles. The van der Waals surface area contributed by atoms with Crippen molar-refractivity contribution in [2.24, 2.45) is 5.41 Å². The Bertz CT molecular complexity index is 739. The Hall–Kier alpha value is -1.72. The average molecular weight is 399 g/mol. The molecule has 0 bridgehead atoms. The third kappa shape index (κ3) is 5.39. The Labute approximate surface area is 164 Å². The molecule has 5 nitrogen and oxygen atoms in total. The second-order valence-electron chi connectivity index (χ2n) is 7.66. The highest BCUT2D eigenvalue weighted by Crippen LogP contribution is 2.24. The van der Waals surface area contributed by atoms with Gasteiger partial charge < -0.3 is 15.3 Å². The van der Waals surface area contributed by atoms with Crippen LogP contribution in [-0.4, -0.2) is 41.5 Å². The van der Waals surface area contributed by atoms with E-state index in [0.29, 0.717) is 29.6 Å². The summed E-state index contributed by atoms with van der Waals surface area (Å²) < 4.78 is 0. The molecule has 0 fully saturated rings. The largest absolute Gasteiger partial charge is 0.503 e. The van der Waals surface area contributed by atoms with E-state index in [-0.39, 0.29) is 17.5 Å². The summed E-state index contributed by atoms with van der Waals surface area (Å²) in [4.78, 5) is 25.9. The van der Waals surface area contributed by atoms with Gasteiger partial charge in [0.05, 0.1) is 22.2 Å². The van der Waals surface area contributed by atoms with Gasteiger partial charge in [0.2, 0.25) is 0 Å². The van der Waals surface area contributed by atoms with Crippen LogP contribution in [0.25, 0.3) is 0 Å². The number of aryl methyl sites for hydroxylation is 1. The number of nitrogens with one attached hydrogen (secondary N) is 1. The summed E-state index contributed by atoms with van der Waals surface area (Å²) in [5.74, 6) is -1.33. The van der Waals surface area contributed by atoms with Crippen molar-refractivity contribution >= 4 is 35.0 Å². The van der Waals surface area contributed by atoms with Crippen molar-refractivity contribution in [1.29, 1.82) is 0 Å². The van der Waals surface area contributed by atoms with Crippen molar-refractivity contribution in [3.63, 3.8) is 0 Å². The predicted octanol–water partition coefficient (Wildman–Crippen LogP) is 3.74. The number of carbonyl (C=O) groups excluding carboxylic acids is 2. The molecule has 7 heteroatoms. The molecule has 2 amide bonds. The van der Waals surface area contributed by atoms with E-state index in [4.69, 9.17) is 23.2 Å². The van der Waals surface area contributed by atoms with Crippen LogP contribution in [0.15, 0.2) is 29.5 Å². The fourth-order valence-electron chi connectivity index (χ4n) is 2.79. The smallest absolute Gasteiger partial charge is 0.289 e. The van der Waals surface area contributed by atoms with Crippen molar-refractivity contribution in [1.82, 2.24) is 10.2 Å². The van der Waals surface area contributed by atoms with Crippen molar-refractivity contribution in [2.75, 3.05) is 19.6 Å². The highest BCUT2D eigenvalue weighted by molar-refractivity contribution is 6.42. The Balaban J connectivity index is 1.84. The minimum absolute atomic E-state index is 0.109. The third-order valence-electron chi connectivity index (χ3n) is 3.98. The van der Waals surface area contributed by atoms with Gasteiger partial charge in [0.15, 0.2) is 5.76 Å². The van der Waals surface area contributed by atoms with Gasteiger partial charge in [-0.1, -0.05) is 50.0 Å². The third-order valence-corrected chi connectivity index (χ3v) is 4.71. The van der Waals surface area contributed by atoms with Crippen molar-refractivity contribution in [3.05, 3.63) is 45.1 Å². The molecule has 0 spiro atoms. The number of nitrogens with zero attached hydrogens (tertiary/aromatic N) is 1. The number of hydrogen-bond donors (Lipinski definition) is 2. The van der Waals surface area contributed by atoms with E-state index in [9.17, 15) is 14.7 Å². The molecule has 1 aliphatic rings. The van der Waals surface area contributed by atoms with Crippen LogP contribution in [0, 0.1) is 5.41 Å². The molecule has 1 aliphatic heterocycles. The molecule has 0 atom stereocenters. The average Bonchev–Trinajstić information content (AvgIpc) is 2.81. The van der Waals surface area contributed by atoms with Gasteiger partial charge in [-0.25, -0.2) is 0 Å². The van der Waals surface area contributed by atoms with Crippen LogP contribution in [0.5, 0.6) is 0 Å². The van der Waals surface area contributed by atoms with Crippen molar-refractivity contribution in [2.45, 2.75) is 33.6 Å². The van der Waals surface area contributed by atoms with Crippen molar-refractivity contribution in [3.8, 4) is 0 Å². The summed E-state index contributed by atoms with van der Waals surface area (Å²) in [5, 5.41) is 13.8. The predicted molar refractivity (Wildman–Crippen MR) is 103 cm³/mol. The van der Waals surface area contributed by atoms with E-state index >= 15 is 0 Å². The first-order chi connectivity index (χ1) is 12.1. The highest BCUT2D eigenvalue weighted by atomic mass is 35.5. The van der Waals surface area contributed by atoms with E-state index in [1.54, 1.807) is 12.1 Å². The molecule has 142 valence electrons. The van der Waals surface area contributed by atoms with Gasteiger partial charge in [-0.2, -0.15) is 0 Å². The van der Waals surface area contributed by atoms with Crippen LogP contribution in [0.1, 0.15) is 32.8 Å². The van der Waals surface area contributed by atoms with Crippen LogP contribution < -0.4 is 5.32 Å². The van der Waals surface area contributed by atoms with E-state index in [1.165, 1.54) is 4.90 Å². The molecule has 2 rings (SSSR count). The number of carbonyl (C=O) groups is 2. The zero-order chi connectivity index (χ0) is 19.5. The first-order valence-electron chi connectivity index (χ1n) is 8.52. The van der Waals surface area contributed by atoms with Gasteiger partial charge in [-0.05, 0) is 36.0 Å². The molecular weight excluding hydrogens is 375 g/mol. The monoisotopic (exact) mass is 398 g/mol. The van der Waals surface area contributed by atoms with Gasteiger partial charge in [0, 0.05) is 13.1 Å². The Morgan fingerprint density at radius 1 is 1.27 bits per heavy atom. The van der Waals surface area contributed by atoms with Gasteiger partial charge >= 0.3 is 0 Å². The minimum atomic E-state index is -0.485. The van der Waals surface area contributed by atoms with Gasteiger partial charge in [-0.15, -0.1) is 0 Å². The number of aliphatic hydroxyl groups is 1. The summed E-state index contributed by atoms with van der Waals surface area (Å²) in [7, 11) is 0. The zero-order valence-electron chi connectivity index (χ0n) is 15.2.